The van der Waals surface area contributed by atoms with Crippen molar-refractivity contribution in [1.29, 1.82) is 0 Å². The van der Waals surface area contributed by atoms with Gasteiger partial charge in [-0.2, -0.15) is 10.2 Å². The van der Waals surface area contributed by atoms with Crippen molar-refractivity contribution in [3.8, 4) is 0 Å². The lowest BCUT2D eigenvalue weighted by molar-refractivity contribution is 0.102. The second kappa shape index (κ2) is 3.92. The zero-order chi connectivity index (χ0) is 11.7. The van der Waals surface area contributed by atoms with E-state index in [0.717, 1.165) is 5.69 Å². The monoisotopic (exact) mass is 218 g/mol. The van der Waals surface area contributed by atoms with E-state index in [1.54, 1.807) is 27.8 Å². The van der Waals surface area contributed by atoms with Gasteiger partial charge in [0, 0.05) is 25.5 Å². The molecule has 5 heteroatoms. The number of ketones is 1. The third-order valence-corrected chi connectivity index (χ3v) is 2.73. The Morgan fingerprint density at radius 2 is 2.19 bits per heavy atom. The van der Waals surface area contributed by atoms with Crippen molar-refractivity contribution in [2.45, 2.75) is 20.4 Å². The molecule has 0 aliphatic carbocycles. The molecule has 0 unspecified atom stereocenters. The van der Waals surface area contributed by atoms with Crippen molar-refractivity contribution in [1.82, 2.24) is 19.6 Å². The highest BCUT2D eigenvalue weighted by molar-refractivity contribution is 6.08. The molecule has 0 aromatic carbocycles. The second-order valence-electron chi connectivity index (χ2n) is 3.63. The molecule has 0 radical (unpaired) electrons. The van der Waals surface area contributed by atoms with E-state index in [9.17, 15) is 4.79 Å². The normalized spacial score (nSPS) is 10.7. The molecule has 0 fully saturated rings. The van der Waals surface area contributed by atoms with Crippen LogP contribution in [0.25, 0.3) is 0 Å². The zero-order valence-corrected chi connectivity index (χ0v) is 9.64. The van der Waals surface area contributed by atoms with E-state index in [2.05, 4.69) is 10.2 Å². The Labute approximate surface area is 93.7 Å². The molecular formula is C11H14N4O. The SMILES string of the molecule is CCn1nccc1C(=O)c1cnn(C)c1C. The first kappa shape index (κ1) is 10.6. The largest absolute Gasteiger partial charge is 0.287 e. The number of carbonyl (C=O) groups excluding carboxylic acids is 1. The van der Waals surface area contributed by atoms with Gasteiger partial charge in [0.2, 0.25) is 5.78 Å². The van der Waals surface area contributed by atoms with Crippen LogP contribution in [0.3, 0.4) is 0 Å². The summed E-state index contributed by atoms with van der Waals surface area (Å²) >= 11 is 0. The van der Waals surface area contributed by atoms with Crippen LogP contribution in [0.1, 0.15) is 28.7 Å². The van der Waals surface area contributed by atoms with Crippen molar-refractivity contribution in [3.63, 3.8) is 0 Å². The lowest BCUT2D eigenvalue weighted by Gasteiger charge is -2.03. The molecular weight excluding hydrogens is 204 g/mol. The molecule has 0 saturated carbocycles. The van der Waals surface area contributed by atoms with Crippen molar-refractivity contribution in [2.75, 3.05) is 0 Å². The van der Waals surface area contributed by atoms with Gasteiger partial charge in [-0.1, -0.05) is 0 Å². The summed E-state index contributed by atoms with van der Waals surface area (Å²) in [7, 11) is 1.82. The summed E-state index contributed by atoms with van der Waals surface area (Å²) in [5.74, 6) is -0.0232. The van der Waals surface area contributed by atoms with Crippen molar-refractivity contribution >= 4 is 5.78 Å². The van der Waals surface area contributed by atoms with Gasteiger partial charge in [-0.05, 0) is 19.9 Å². The molecule has 2 aromatic heterocycles. The van der Waals surface area contributed by atoms with E-state index in [4.69, 9.17) is 0 Å². The maximum absolute atomic E-state index is 12.2. The predicted molar refractivity (Wildman–Crippen MR) is 59.3 cm³/mol. The number of aromatic nitrogens is 4. The van der Waals surface area contributed by atoms with E-state index in [1.165, 1.54) is 0 Å². The summed E-state index contributed by atoms with van der Waals surface area (Å²) < 4.78 is 3.38. The van der Waals surface area contributed by atoms with Crippen LogP contribution < -0.4 is 0 Å². The maximum atomic E-state index is 12.2. The average molecular weight is 218 g/mol. The molecule has 0 saturated heterocycles. The van der Waals surface area contributed by atoms with Gasteiger partial charge in [0.25, 0.3) is 0 Å². The first-order valence-corrected chi connectivity index (χ1v) is 5.20. The summed E-state index contributed by atoms with van der Waals surface area (Å²) in [5.41, 5.74) is 2.12. The van der Waals surface area contributed by atoms with E-state index < -0.39 is 0 Å². The van der Waals surface area contributed by atoms with Crippen LogP contribution >= 0.6 is 0 Å². The smallest absolute Gasteiger partial charge is 0.214 e. The molecule has 0 atom stereocenters. The van der Waals surface area contributed by atoms with Crippen molar-refractivity contribution < 1.29 is 4.79 Å². The van der Waals surface area contributed by atoms with Crippen LogP contribution in [-0.2, 0) is 13.6 Å². The topological polar surface area (TPSA) is 52.7 Å². The minimum absolute atomic E-state index is 0.0232. The molecule has 0 spiro atoms. The van der Waals surface area contributed by atoms with Gasteiger partial charge in [0.15, 0.2) is 0 Å². The highest BCUT2D eigenvalue weighted by atomic mass is 16.1. The molecule has 2 heterocycles. The van der Waals surface area contributed by atoms with E-state index in [-0.39, 0.29) is 5.78 Å². The number of aryl methyl sites for hydroxylation is 2. The fraction of sp³-hybridized carbons (Fsp3) is 0.364. The van der Waals surface area contributed by atoms with Gasteiger partial charge in [-0.25, -0.2) is 0 Å². The predicted octanol–water partition coefficient (Wildman–Crippen LogP) is 1.18. The van der Waals surface area contributed by atoms with Gasteiger partial charge < -0.3 is 0 Å². The Kier molecular flexibility index (Phi) is 2.60. The molecule has 2 rings (SSSR count). The van der Waals surface area contributed by atoms with Gasteiger partial charge in [-0.15, -0.1) is 0 Å². The highest BCUT2D eigenvalue weighted by Crippen LogP contribution is 2.12. The molecule has 84 valence electrons. The summed E-state index contributed by atoms with van der Waals surface area (Å²) in [6.45, 7) is 4.53. The maximum Gasteiger partial charge on any atom is 0.214 e. The Balaban J connectivity index is 2.43. The second-order valence-corrected chi connectivity index (χ2v) is 3.63. The zero-order valence-electron chi connectivity index (χ0n) is 9.64. The average Bonchev–Trinajstić information content (AvgIpc) is 2.86. The summed E-state index contributed by atoms with van der Waals surface area (Å²) in [6, 6.07) is 1.73. The van der Waals surface area contributed by atoms with E-state index in [0.29, 0.717) is 17.8 Å². The summed E-state index contributed by atoms with van der Waals surface area (Å²) in [5, 5.41) is 8.16. The Bertz CT molecular complexity index is 524. The number of hydrogen-bond donors (Lipinski definition) is 0. The molecule has 2 aromatic rings. The van der Waals surface area contributed by atoms with Crippen LogP contribution in [0.5, 0.6) is 0 Å². The minimum Gasteiger partial charge on any atom is -0.287 e. The fourth-order valence-electron chi connectivity index (χ4n) is 1.64. The van der Waals surface area contributed by atoms with Crippen LogP contribution in [0.4, 0.5) is 0 Å². The van der Waals surface area contributed by atoms with Gasteiger partial charge >= 0.3 is 0 Å². The van der Waals surface area contributed by atoms with Crippen molar-refractivity contribution in [2.24, 2.45) is 7.05 Å². The van der Waals surface area contributed by atoms with Crippen molar-refractivity contribution in [3.05, 3.63) is 35.4 Å². The van der Waals surface area contributed by atoms with Gasteiger partial charge in [0.05, 0.1) is 11.8 Å². The van der Waals surface area contributed by atoms with Crippen LogP contribution in [-0.4, -0.2) is 25.3 Å². The van der Waals surface area contributed by atoms with Crippen LogP contribution in [0.2, 0.25) is 0 Å². The van der Waals surface area contributed by atoms with Crippen LogP contribution in [0.15, 0.2) is 18.5 Å². The molecule has 0 aliphatic heterocycles. The third kappa shape index (κ3) is 1.54. The van der Waals surface area contributed by atoms with Crippen LogP contribution in [0, 0.1) is 6.92 Å². The quantitative estimate of drug-likeness (QED) is 0.727. The Morgan fingerprint density at radius 1 is 1.44 bits per heavy atom. The Morgan fingerprint density at radius 3 is 2.75 bits per heavy atom. The Hall–Kier alpha value is -1.91. The summed E-state index contributed by atoms with van der Waals surface area (Å²) in [4.78, 5) is 12.2. The van der Waals surface area contributed by atoms with Gasteiger partial charge in [0.1, 0.15) is 5.69 Å². The number of hydrogen-bond acceptors (Lipinski definition) is 3. The molecule has 0 amide bonds. The fourth-order valence-corrected chi connectivity index (χ4v) is 1.64. The van der Waals surface area contributed by atoms with E-state index in [1.807, 2.05) is 20.9 Å². The molecule has 0 N–H and O–H groups in total. The first-order valence-electron chi connectivity index (χ1n) is 5.20. The number of rotatable bonds is 3. The molecule has 0 bridgehead atoms. The standard InChI is InChI=1S/C11H14N4O/c1-4-15-10(5-6-12-15)11(16)9-7-13-14(3)8(9)2/h5-7H,4H2,1-3H3. The lowest BCUT2D eigenvalue weighted by Crippen LogP contribution is -2.11. The minimum atomic E-state index is -0.0232. The number of carbonyl (C=O) groups is 1. The molecule has 16 heavy (non-hydrogen) atoms. The highest BCUT2D eigenvalue weighted by Gasteiger charge is 2.18. The third-order valence-electron chi connectivity index (χ3n) is 2.73. The van der Waals surface area contributed by atoms with E-state index >= 15 is 0 Å². The molecule has 0 aliphatic rings. The number of nitrogens with zero attached hydrogens (tertiary/aromatic N) is 4. The molecule has 5 nitrogen and oxygen atoms in total. The summed E-state index contributed by atoms with van der Waals surface area (Å²) in [6.07, 6.45) is 3.24. The lowest BCUT2D eigenvalue weighted by atomic mass is 10.1. The first-order chi connectivity index (χ1) is 7.65. The van der Waals surface area contributed by atoms with Gasteiger partial charge in [-0.3, -0.25) is 14.2 Å².